The topological polar surface area (TPSA) is 94.6 Å². The minimum absolute atomic E-state index is 0.250. The molecule has 1 saturated carbocycles. The molecule has 0 bridgehead atoms. The summed E-state index contributed by atoms with van der Waals surface area (Å²) in [5.41, 5.74) is 7.95. The lowest BCUT2D eigenvalue weighted by molar-refractivity contribution is -0.139. The van der Waals surface area contributed by atoms with Crippen LogP contribution in [0.3, 0.4) is 0 Å². The van der Waals surface area contributed by atoms with E-state index in [1.54, 1.807) is 12.1 Å². The van der Waals surface area contributed by atoms with Gasteiger partial charge in [-0.15, -0.1) is 0 Å². The normalized spacial score (nSPS) is 15.9. The highest BCUT2D eigenvalue weighted by Crippen LogP contribution is 2.43. The SMILES string of the molecule is CC(C1CCCC1)n1c2cccc(OCC(=O)O)c2c2c(C(N)=O)cccc21. The molecule has 0 aliphatic heterocycles. The van der Waals surface area contributed by atoms with Crippen LogP contribution in [0.25, 0.3) is 21.8 Å². The summed E-state index contributed by atoms with van der Waals surface area (Å²) in [6.07, 6.45) is 4.86. The van der Waals surface area contributed by atoms with Crippen LogP contribution in [-0.4, -0.2) is 28.2 Å². The molecule has 1 unspecified atom stereocenters. The summed E-state index contributed by atoms with van der Waals surface area (Å²) in [7, 11) is 0. The summed E-state index contributed by atoms with van der Waals surface area (Å²) in [4.78, 5) is 23.2. The molecule has 6 nitrogen and oxygen atoms in total. The molecule has 28 heavy (non-hydrogen) atoms. The van der Waals surface area contributed by atoms with Gasteiger partial charge in [-0.25, -0.2) is 4.79 Å². The van der Waals surface area contributed by atoms with E-state index in [9.17, 15) is 9.59 Å². The Balaban J connectivity index is 2.02. The largest absolute Gasteiger partial charge is 0.481 e. The zero-order valence-corrected chi connectivity index (χ0v) is 15.9. The number of ether oxygens (including phenoxy) is 1. The van der Waals surface area contributed by atoms with Crippen molar-refractivity contribution in [2.75, 3.05) is 6.61 Å². The maximum Gasteiger partial charge on any atom is 0.341 e. The van der Waals surface area contributed by atoms with Crippen molar-refractivity contribution < 1.29 is 19.4 Å². The molecule has 1 amide bonds. The molecule has 1 atom stereocenters. The number of nitrogens with two attached hydrogens (primary N) is 1. The third-order valence-electron chi connectivity index (χ3n) is 5.92. The average molecular weight is 380 g/mol. The van der Waals surface area contributed by atoms with E-state index >= 15 is 0 Å². The fourth-order valence-electron chi connectivity index (χ4n) is 4.66. The Morgan fingerprint density at radius 3 is 2.43 bits per heavy atom. The van der Waals surface area contributed by atoms with E-state index in [1.807, 2.05) is 24.3 Å². The lowest BCUT2D eigenvalue weighted by atomic mass is 9.99. The number of rotatable bonds is 6. The summed E-state index contributed by atoms with van der Waals surface area (Å²) < 4.78 is 7.84. The van der Waals surface area contributed by atoms with Gasteiger partial charge in [-0.1, -0.05) is 25.0 Å². The smallest absolute Gasteiger partial charge is 0.341 e. The molecule has 1 heterocycles. The number of hydrogen-bond acceptors (Lipinski definition) is 3. The van der Waals surface area contributed by atoms with E-state index in [0.717, 1.165) is 21.8 Å². The Hall–Kier alpha value is -3.02. The van der Waals surface area contributed by atoms with E-state index in [2.05, 4.69) is 11.5 Å². The second-order valence-electron chi connectivity index (χ2n) is 7.55. The number of carboxylic acid groups (broad SMARTS) is 1. The third kappa shape index (κ3) is 2.99. The van der Waals surface area contributed by atoms with E-state index in [-0.39, 0.29) is 6.04 Å². The number of carbonyl (C=O) groups excluding carboxylic acids is 1. The first-order valence-corrected chi connectivity index (χ1v) is 9.69. The van der Waals surface area contributed by atoms with Crippen LogP contribution < -0.4 is 10.5 Å². The van der Waals surface area contributed by atoms with Crippen molar-refractivity contribution in [1.82, 2.24) is 4.57 Å². The van der Waals surface area contributed by atoms with Crippen LogP contribution >= 0.6 is 0 Å². The van der Waals surface area contributed by atoms with Crippen molar-refractivity contribution in [3.8, 4) is 5.75 Å². The van der Waals surface area contributed by atoms with Crippen LogP contribution in [0.2, 0.25) is 0 Å². The highest BCUT2D eigenvalue weighted by molar-refractivity contribution is 6.19. The molecule has 146 valence electrons. The number of amides is 1. The number of benzene rings is 2. The van der Waals surface area contributed by atoms with Crippen molar-refractivity contribution in [2.45, 2.75) is 38.6 Å². The predicted molar refractivity (Wildman–Crippen MR) is 108 cm³/mol. The van der Waals surface area contributed by atoms with Gasteiger partial charge in [0.15, 0.2) is 6.61 Å². The molecule has 6 heteroatoms. The molecule has 1 fully saturated rings. The highest BCUT2D eigenvalue weighted by Gasteiger charge is 2.27. The molecule has 1 aliphatic rings. The number of hydrogen-bond donors (Lipinski definition) is 2. The Kier molecular flexibility index (Phi) is 4.71. The Labute approximate surface area is 162 Å². The molecule has 3 N–H and O–H groups in total. The second-order valence-corrected chi connectivity index (χ2v) is 7.55. The number of primary amides is 1. The Morgan fingerprint density at radius 2 is 1.79 bits per heavy atom. The number of aromatic nitrogens is 1. The van der Waals surface area contributed by atoms with Gasteiger partial charge in [-0.2, -0.15) is 0 Å². The van der Waals surface area contributed by atoms with Crippen LogP contribution in [0.5, 0.6) is 5.75 Å². The monoisotopic (exact) mass is 380 g/mol. The number of fused-ring (bicyclic) bond motifs is 3. The predicted octanol–water partition coefficient (Wildman–Crippen LogP) is 4.11. The van der Waals surface area contributed by atoms with Crippen LogP contribution in [-0.2, 0) is 4.79 Å². The van der Waals surface area contributed by atoms with E-state index < -0.39 is 18.5 Å². The van der Waals surface area contributed by atoms with Crippen LogP contribution in [0.15, 0.2) is 36.4 Å². The van der Waals surface area contributed by atoms with Gasteiger partial charge in [0.05, 0.1) is 16.4 Å². The zero-order chi connectivity index (χ0) is 19.8. The van der Waals surface area contributed by atoms with Gasteiger partial charge >= 0.3 is 5.97 Å². The van der Waals surface area contributed by atoms with E-state index in [1.165, 1.54) is 25.7 Å². The molecule has 2 aromatic carbocycles. The molecule has 1 aromatic heterocycles. The summed E-state index contributed by atoms with van der Waals surface area (Å²) >= 11 is 0. The first kappa shape index (κ1) is 18.3. The maximum absolute atomic E-state index is 12.1. The third-order valence-corrected chi connectivity index (χ3v) is 5.92. The molecule has 1 aliphatic carbocycles. The highest BCUT2D eigenvalue weighted by atomic mass is 16.5. The van der Waals surface area contributed by atoms with E-state index in [0.29, 0.717) is 17.2 Å². The van der Waals surface area contributed by atoms with E-state index in [4.69, 9.17) is 15.6 Å². The van der Waals surface area contributed by atoms with Crippen molar-refractivity contribution in [3.63, 3.8) is 0 Å². The number of carboxylic acids is 1. The molecule has 4 rings (SSSR count). The fraction of sp³-hybridized carbons (Fsp3) is 0.364. The summed E-state index contributed by atoms with van der Waals surface area (Å²) in [6.45, 7) is 1.78. The van der Waals surface area contributed by atoms with Crippen molar-refractivity contribution in [2.24, 2.45) is 11.7 Å². The number of carbonyl (C=O) groups is 2. The Morgan fingerprint density at radius 1 is 1.14 bits per heavy atom. The first-order valence-electron chi connectivity index (χ1n) is 9.69. The molecule has 3 aromatic rings. The van der Waals surface area contributed by atoms with Crippen molar-refractivity contribution in [3.05, 3.63) is 42.0 Å². The van der Waals surface area contributed by atoms with Crippen molar-refractivity contribution in [1.29, 1.82) is 0 Å². The van der Waals surface area contributed by atoms with Gasteiger partial charge in [-0.05, 0) is 49.9 Å². The van der Waals surface area contributed by atoms with Gasteiger partial charge < -0.3 is 20.1 Å². The molecule has 0 saturated heterocycles. The van der Waals surface area contributed by atoms with Gasteiger partial charge in [-0.3, -0.25) is 4.79 Å². The zero-order valence-electron chi connectivity index (χ0n) is 15.9. The second kappa shape index (κ2) is 7.19. The fourth-order valence-corrected chi connectivity index (χ4v) is 4.66. The molecule has 0 radical (unpaired) electrons. The van der Waals surface area contributed by atoms with Crippen molar-refractivity contribution >= 4 is 33.7 Å². The molecular formula is C22H24N2O4. The minimum atomic E-state index is -1.05. The molecule has 0 spiro atoms. The van der Waals surface area contributed by atoms with Gasteiger partial charge in [0.1, 0.15) is 5.75 Å². The quantitative estimate of drug-likeness (QED) is 0.673. The first-order chi connectivity index (χ1) is 13.5. The van der Waals surface area contributed by atoms with Gasteiger partial charge in [0.2, 0.25) is 5.91 Å². The average Bonchev–Trinajstić information content (AvgIpc) is 3.31. The Bertz CT molecular complexity index is 1060. The summed E-state index contributed by atoms with van der Waals surface area (Å²) in [5.74, 6) is -0.531. The molecular weight excluding hydrogens is 356 g/mol. The van der Waals surface area contributed by atoms with Crippen LogP contribution in [0.1, 0.15) is 49.0 Å². The lowest BCUT2D eigenvalue weighted by Crippen LogP contribution is -2.14. The summed E-state index contributed by atoms with van der Waals surface area (Å²) in [5, 5.41) is 10.5. The van der Waals surface area contributed by atoms with Gasteiger partial charge in [0.25, 0.3) is 0 Å². The van der Waals surface area contributed by atoms with Gasteiger partial charge in [0, 0.05) is 17.0 Å². The summed E-state index contributed by atoms with van der Waals surface area (Å²) in [6, 6.07) is 11.4. The van der Waals surface area contributed by atoms with Crippen LogP contribution in [0, 0.1) is 5.92 Å². The maximum atomic E-state index is 12.1. The minimum Gasteiger partial charge on any atom is -0.481 e. The standard InChI is InChI=1S/C22H24N2O4/c1-13(14-6-2-3-7-14)24-16-9-4-8-15(22(23)27)20(16)21-17(24)10-5-11-18(21)28-12-19(25)26/h4-5,8-11,13-14H,2-3,6-7,12H2,1H3,(H2,23,27)(H,25,26). The lowest BCUT2D eigenvalue weighted by Gasteiger charge is -2.23. The van der Waals surface area contributed by atoms with Crippen LogP contribution in [0.4, 0.5) is 0 Å². The number of aliphatic carboxylic acids is 1. The number of nitrogens with zero attached hydrogens (tertiary/aromatic N) is 1.